The van der Waals surface area contributed by atoms with E-state index in [0.717, 1.165) is 50.5 Å². The van der Waals surface area contributed by atoms with E-state index >= 15 is 0 Å². The third kappa shape index (κ3) is 3.22. The predicted molar refractivity (Wildman–Crippen MR) is 171 cm³/mol. The lowest BCUT2D eigenvalue weighted by Gasteiger charge is -2.50. The smallest absolute Gasteiger partial charge is 0.173 e. The van der Waals surface area contributed by atoms with E-state index in [0.29, 0.717) is 0 Å². The van der Waals surface area contributed by atoms with Crippen molar-refractivity contribution in [1.29, 1.82) is 0 Å². The highest BCUT2D eigenvalue weighted by Crippen LogP contribution is 2.59. The molecule has 0 radical (unpaired) electrons. The van der Waals surface area contributed by atoms with Crippen LogP contribution in [0, 0.1) is 0 Å². The first-order chi connectivity index (χ1) is 21.8. The number of rotatable bonds is 0. The molecule has 0 saturated heterocycles. The zero-order valence-corrected chi connectivity index (χ0v) is 24.7. The number of pyridine rings is 2. The molecule has 10 rings (SSSR count). The van der Waals surface area contributed by atoms with Crippen LogP contribution in [-0.4, -0.2) is 33.1 Å². The van der Waals surface area contributed by atoms with E-state index < -0.39 is 5.66 Å². The minimum Gasteiger partial charge on any atom is -0.457 e. The van der Waals surface area contributed by atoms with Crippen LogP contribution in [0.15, 0.2) is 108 Å². The Bertz CT molecular complexity index is 1770. The summed E-state index contributed by atoms with van der Waals surface area (Å²) >= 11 is 0. The molecular formula is C37H34N6O. The van der Waals surface area contributed by atoms with Crippen molar-refractivity contribution in [1.82, 2.24) is 19.8 Å². The summed E-state index contributed by atoms with van der Waals surface area (Å²) in [4.78, 5) is 20.2. The summed E-state index contributed by atoms with van der Waals surface area (Å²) < 4.78 is 6.55. The average molecular weight is 579 g/mol. The van der Waals surface area contributed by atoms with Gasteiger partial charge in [0.25, 0.3) is 0 Å². The van der Waals surface area contributed by atoms with Crippen LogP contribution < -0.4 is 14.5 Å². The standard InChI is InChI=1S/C37H34N6O/c1-3-13-35-33(11-1)40-23-42(35)37(31-21-38-17-15-29(31)30-16-18-39-22-32(30)37)43-24-41(34-12-2-4-14-36(34)43)26-8-6-10-28(20-26)44-27-9-5-7-25(40)19-27/h5-10,15-22H,1-4,11-14,23-24H2. The molecule has 6 aliphatic rings. The molecule has 44 heavy (non-hydrogen) atoms. The Morgan fingerprint density at radius 1 is 0.568 bits per heavy atom. The number of fused-ring (bicyclic) bond motifs is 21. The summed E-state index contributed by atoms with van der Waals surface area (Å²) in [6.07, 6.45) is 17.3. The van der Waals surface area contributed by atoms with Crippen molar-refractivity contribution in [3.8, 4) is 22.6 Å². The summed E-state index contributed by atoms with van der Waals surface area (Å²) in [5, 5.41) is 0. The molecule has 218 valence electrons. The van der Waals surface area contributed by atoms with Gasteiger partial charge >= 0.3 is 0 Å². The Kier molecular flexibility index (Phi) is 5.10. The second-order valence-corrected chi connectivity index (χ2v) is 12.8. The van der Waals surface area contributed by atoms with Crippen LogP contribution in [0.4, 0.5) is 11.4 Å². The van der Waals surface area contributed by atoms with Crippen LogP contribution >= 0.6 is 0 Å². The van der Waals surface area contributed by atoms with Crippen molar-refractivity contribution in [2.45, 2.75) is 57.0 Å². The maximum absolute atomic E-state index is 6.55. The maximum Gasteiger partial charge on any atom is 0.173 e. The fraction of sp³-hybridized carbons (Fsp3) is 0.297. The first-order valence-electron chi connectivity index (χ1n) is 16.1. The number of anilines is 2. The number of hydrogen-bond acceptors (Lipinski definition) is 7. The molecule has 1 spiro atoms. The van der Waals surface area contributed by atoms with Gasteiger partial charge in [-0.1, -0.05) is 12.1 Å². The normalized spacial score (nSPS) is 20.7. The van der Waals surface area contributed by atoms with Crippen molar-refractivity contribution in [3.63, 3.8) is 0 Å². The molecule has 0 unspecified atom stereocenters. The molecule has 0 amide bonds. The Morgan fingerprint density at radius 3 is 1.55 bits per heavy atom. The number of aromatic nitrogens is 2. The van der Waals surface area contributed by atoms with Gasteiger partial charge in [-0.15, -0.1) is 0 Å². The molecule has 5 heterocycles. The van der Waals surface area contributed by atoms with Crippen molar-refractivity contribution in [2.75, 3.05) is 23.1 Å². The van der Waals surface area contributed by atoms with Crippen LogP contribution in [0.2, 0.25) is 0 Å². The highest BCUT2D eigenvalue weighted by Gasteiger charge is 2.58. The fourth-order valence-corrected chi connectivity index (χ4v) is 8.86. The van der Waals surface area contributed by atoms with Crippen molar-refractivity contribution in [3.05, 3.63) is 119 Å². The van der Waals surface area contributed by atoms with E-state index in [1.165, 1.54) is 82.1 Å². The Labute approximate surface area is 257 Å². The number of nitrogens with zero attached hydrogens (tertiary/aromatic N) is 6. The molecule has 0 fully saturated rings. The second kappa shape index (κ2) is 9.11. The molecule has 8 bridgehead atoms. The van der Waals surface area contributed by atoms with Crippen LogP contribution in [0.25, 0.3) is 11.1 Å². The molecular weight excluding hydrogens is 544 g/mol. The molecule has 2 aromatic heterocycles. The summed E-state index contributed by atoms with van der Waals surface area (Å²) in [7, 11) is 0. The summed E-state index contributed by atoms with van der Waals surface area (Å²) in [6.45, 7) is 1.53. The monoisotopic (exact) mass is 578 g/mol. The largest absolute Gasteiger partial charge is 0.457 e. The van der Waals surface area contributed by atoms with Gasteiger partial charge in [0.1, 0.15) is 11.5 Å². The van der Waals surface area contributed by atoms with Gasteiger partial charge < -0.3 is 24.3 Å². The van der Waals surface area contributed by atoms with Crippen molar-refractivity contribution < 1.29 is 4.74 Å². The third-order valence-electron chi connectivity index (χ3n) is 10.6. The molecule has 2 aromatic carbocycles. The summed E-state index contributed by atoms with van der Waals surface area (Å²) in [6, 6.07) is 21.8. The fourth-order valence-electron chi connectivity index (χ4n) is 8.86. The van der Waals surface area contributed by atoms with Gasteiger partial charge in [-0.3, -0.25) is 9.97 Å². The van der Waals surface area contributed by atoms with Crippen molar-refractivity contribution >= 4 is 11.4 Å². The quantitative estimate of drug-likeness (QED) is 0.210. The van der Waals surface area contributed by atoms with Crippen molar-refractivity contribution in [2.24, 2.45) is 0 Å². The SMILES string of the molecule is c1cc2cc(c1)N1CN(C3=C1CCCC3)C1(c3cnccc3-c3ccncc31)N1CN(C3=C1CCCC3)c1cccc(c1)O2. The van der Waals surface area contributed by atoms with Gasteiger partial charge in [0.15, 0.2) is 5.66 Å². The van der Waals surface area contributed by atoms with E-state index in [4.69, 9.17) is 14.7 Å². The number of allylic oxidation sites excluding steroid dienone is 4. The molecule has 0 N–H and O–H groups in total. The van der Waals surface area contributed by atoms with E-state index in [9.17, 15) is 0 Å². The summed E-state index contributed by atoms with van der Waals surface area (Å²) in [5.41, 5.74) is 12.7. The Hall–Kier alpha value is -4.78. The molecule has 7 nitrogen and oxygen atoms in total. The minimum absolute atomic E-state index is 0.567. The number of benzene rings is 2. The lowest BCUT2D eigenvalue weighted by atomic mass is 9.90. The van der Waals surface area contributed by atoms with Crippen LogP contribution in [0.1, 0.15) is 62.5 Å². The third-order valence-corrected chi connectivity index (χ3v) is 10.6. The van der Waals surface area contributed by atoms with E-state index in [1.807, 2.05) is 12.4 Å². The number of hydrogen-bond donors (Lipinski definition) is 0. The average Bonchev–Trinajstić information content (AvgIpc) is 3.74. The van der Waals surface area contributed by atoms with Gasteiger partial charge in [-0.2, -0.15) is 0 Å². The van der Waals surface area contributed by atoms with Gasteiger partial charge in [0.2, 0.25) is 0 Å². The molecule has 0 saturated carbocycles. The lowest BCUT2D eigenvalue weighted by Crippen LogP contribution is -2.57. The molecule has 4 aromatic rings. The van der Waals surface area contributed by atoms with Crippen LogP contribution in [0.5, 0.6) is 11.5 Å². The first-order valence-corrected chi connectivity index (χ1v) is 16.1. The van der Waals surface area contributed by atoms with Gasteiger partial charge in [0, 0.05) is 82.2 Å². The molecule has 7 heteroatoms. The first kappa shape index (κ1) is 24.6. The molecule has 3 aliphatic carbocycles. The Morgan fingerprint density at radius 2 is 1.05 bits per heavy atom. The lowest BCUT2D eigenvalue weighted by molar-refractivity contribution is 0.0259. The van der Waals surface area contributed by atoms with E-state index in [1.54, 1.807) is 0 Å². The highest BCUT2D eigenvalue weighted by atomic mass is 16.5. The zero-order valence-electron chi connectivity index (χ0n) is 24.7. The number of ether oxygens (including phenoxy) is 1. The summed E-state index contributed by atoms with van der Waals surface area (Å²) in [5.74, 6) is 1.74. The Balaban J connectivity index is 1.31. The minimum atomic E-state index is -0.567. The maximum atomic E-state index is 6.55. The second-order valence-electron chi connectivity index (χ2n) is 12.8. The van der Waals surface area contributed by atoms with E-state index in [-0.39, 0.29) is 0 Å². The van der Waals surface area contributed by atoms with Crippen LogP contribution in [0.3, 0.4) is 0 Å². The molecule has 3 aliphatic heterocycles. The topological polar surface area (TPSA) is 48.0 Å². The van der Waals surface area contributed by atoms with E-state index in [2.05, 4.69) is 92.7 Å². The van der Waals surface area contributed by atoms with Gasteiger partial charge in [-0.05, 0) is 98.9 Å². The van der Waals surface area contributed by atoms with Gasteiger partial charge in [0.05, 0.1) is 13.3 Å². The zero-order chi connectivity index (χ0) is 28.8. The highest BCUT2D eigenvalue weighted by molar-refractivity contribution is 5.81. The predicted octanol–water partition coefficient (Wildman–Crippen LogP) is 7.89. The van der Waals surface area contributed by atoms with Gasteiger partial charge in [-0.25, -0.2) is 0 Å². The van der Waals surface area contributed by atoms with Crippen LogP contribution in [-0.2, 0) is 5.66 Å². The molecule has 0 atom stereocenters.